The van der Waals surface area contributed by atoms with Crippen LogP contribution in [-0.4, -0.2) is 4.57 Å². The molecule has 2 nitrogen and oxygen atoms in total. The van der Waals surface area contributed by atoms with Crippen LogP contribution in [-0.2, 0) is 13.6 Å². The molecule has 4 rings (SSSR count). The Morgan fingerprint density at radius 2 is 1.50 bits per heavy atom. The maximum absolute atomic E-state index is 6.27. The van der Waals surface area contributed by atoms with Crippen LogP contribution in [0.1, 0.15) is 5.56 Å². The van der Waals surface area contributed by atoms with E-state index in [1.54, 1.807) is 0 Å². The molecule has 0 radical (unpaired) electrons. The zero-order valence-corrected chi connectivity index (χ0v) is 16.7. The topological polar surface area (TPSA) is 8.81 Å². The van der Waals surface area contributed by atoms with Gasteiger partial charge >= 0.3 is 0 Å². The molecule has 0 amide bonds. The highest BCUT2D eigenvalue weighted by atomic mass is 127. The largest absolute Gasteiger partial charge is 1.00 e. The first kappa shape index (κ1) is 17.5. The van der Waals surface area contributed by atoms with Gasteiger partial charge in [-0.2, -0.15) is 0 Å². The second kappa shape index (κ2) is 6.90. The van der Waals surface area contributed by atoms with Crippen molar-refractivity contribution in [3.63, 3.8) is 0 Å². The molecule has 1 aromatic heterocycles. The van der Waals surface area contributed by atoms with Crippen molar-refractivity contribution in [2.45, 2.75) is 6.54 Å². The lowest BCUT2D eigenvalue weighted by atomic mass is 10.0. The molecule has 0 saturated heterocycles. The molecule has 0 aliphatic rings. The Hall–Kier alpha value is -1.30. The van der Waals surface area contributed by atoms with Crippen molar-refractivity contribution in [1.29, 1.82) is 0 Å². The van der Waals surface area contributed by atoms with E-state index in [-0.39, 0.29) is 24.0 Å². The average Bonchev–Trinajstić information content (AvgIpc) is 2.80. The molecule has 0 saturated carbocycles. The summed E-state index contributed by atoms with van der Waals surface area (Å²) in [5, 5.41) is 6.12. The lowest BCUT2D eigenvalue weighted by Gasteiger charge is -2.05. The quantitative estimate of drug-likeness (QED) is 0.241. The Labute approximate surface area is 167 Å². The molecule has 5 heteroatoms. The maximum atomic E-state index is 6.27. The molecular weight excluding hydrogens is 454 g/mol. The third-order valence-electron chi connectivity index (χ3n) is 4.17. The molecule has 0 aliphatic heterocycles. The van der Waals surface area contributed by atoms with E-state index in [4.69, 9.17) is 23.2 Å². The van der Waals surface area contributed by atoms with E-state index < -0.39 is 0 Å². The van der Waals surface area contributed by atoms with Gasteiger partial charge in [-0.15, -0.1) is 0 Å². The van der Waals surface area contributed by atoms with E-state index in [1.165, 1.54) is 27.1 Å². The minimum Gasteiger partial charge on any atom is -1.00 e. The summed E-state index contributed by atoms with van der Waals surface area (Å²) in [5.74, 6) is 0. The minimum atomic E-state index is 0. The number of rotatable bonds is 2. The fourth-order valence-corrected chi connectivity index (χ4v) is 3.36. The summed E-state index contributed by atoms with van der Waals surface area (Å²) in [5.41, 5.74) is 1.20. The molecule has 0 atom stereocenters. The molecule has 1 heterocycles. The fourth-order valence-electron chi connectivity index (χ4n) is 2.97. The molecular formula is C19H15Cl2IN2. The molecule has 0 unspecified atom stereocenters. The zero-order chi connectivity index (χ0) is 16.0. The van der Waals surface area contributed by atoms with Gasteiger partial charge < -0.3 is 24.0 Å². The number of halogens is 3. The molecule has 0 N–H and O–H groups in total. The highest BCUT2D eigenvalue weighted by Crippen LogP contribution is 2.25. The summed E-state index contributed by atoms with van der Waals surface area (Å²) in [4.78, 5) is 0. The molecule has 0 spiro atoms. The van der Waals surface area contributed by atoms with Gasteiger partial charge in [0.2, 0.25) is 6.33 Å². The van der Waals surface area contributed by atoms with Crippen molar-refractivity contribution < 1.29 is 28.5 Å². The van der Waals surface area contributed by atoms with Crippen molar-refractivity contribution in [3.8, 4) is 0 Å². The standard InChI is InChI=1S/C19H15Cl2N2.HI/c1-22-12-23(19(21)18(22)20)11-13-6-7-16-9-14-4-2-3-5-15(14)10-17(16)8-13;/h2-10,12H,11H2,1H3;1H/q+1;/p-1. The van der Waals surface area contributed by atoms with Crippen molar-refractivity contribution in [1.82, 2.24) is 4.57 Å². The number of fused-ring (bicyclic) bond motifs is 2. The Kier molecular flexibility index (Phi) is 5.04. The molecule has 0 bridgehead atoms. The third kappa shape index (κ3) is 3.13. The smallest absolute Gasteiger partial charge is 0.255 e. The Bertz CT molecular complexity index is 1040. The van der Waals surface area contributed by atoms with Crippen LogP contribution >= 0.6 is 23.2 Å². The number of hydrogen-bond donors (Lipinski definition) is 0. The molecule has 0 fully saturated rings. The van der Waals surface area contributed by atoms with Gasteiger partial charge in [-0.3, -0.25) is 0 Å². The van der Waals surface area contributed by atoms with Crippen LogP contribution in [0.4, 0.5) is 0 Å². The van der Waals surface area contributed by atoms with Crippen molar-refractivity contribution in [3.05, 3.63) is 76.8 Å². The summed E-state index contributed by atoms with van der Waals surface area (Å²) < 4.78 is 3.77. The molecule has 4 aromatic rings. The van der Waals surface area contributed by atoms with Crippen molar-refractivity contribution >= 4 is 44.7 Å². The van der Waals surface area contributed by atoms with Crippen LogP contribution in [0.3, 0.4) is 0 Å². The summed E-state index contributed by atoms with van der Waals surface area (Å²) in [6, 6.07) is 19.4. The van der Waals surface area contributed by atoms with Gasteiger partial charge in [-0.25, -0.2) is 9.13 Å². The minimum absolute atomic E-state index is 0. The number of nitrogens with zero attached hydrogens (tertiary/aromatic N) is 2. The highest BCUT2D eigenvalue weighted by Gasteiger charge is 2.17. The number of hydrogen-bond acceptors (Lipinski definition) is 0. The van der Waals surface area contributed by atoms with Gasteiger partial charge in [-0.05, 0) is 68.5 Å². The average molecular weight is 469 g/mol. The third-order valence-corrected chi connectivity index (χ3v) is 5.11. The molecule has 0 aliphatic carbocycles. The van der Waals surface area contributed by atoms with Crippen LogP contribution in [0.2, 0.25) is 10.3 Å². The van der Waals surface area contributed by atoms with E-state index in [1.807, 2.05) is 22.5 Å². The van der Waals surface area contributed by atoms with E-state index in [9.17, 15) is 0 Å². The lowest BCUT2D eigenvalue weighted by Crippen LogP contribution is -3.00. The highest BCUT2D eigenvalue weighted by molar-refractivity contribution is 6.39. The molecule has 24 heavy (non-hydrogen) atoms. The fraction of sp³-hybridized carbons (Fsp3) is 0.105. The SMILES string of the molecule is C[n+]1cn(Cc2ccc3cc4ccccc4cc3c2)c(Cl)c1Cl.[I-]. The van der Waals surface area contributed by atoms with Crippen LogP contribution in [0.25, 0.3) is 21.5 Å². The second-order valence-electron chi connectivity index (χ2n) is 5.82. The van der Waals surface area contributed by atoms with E-state index in [2.05, 4.69) is 54.6 Å². The first-order valence-corrected chi connectivity index (χ1v) is 8.18. The summed E-state index contributed by atoms with van der Waals surface area (Å²) in [7, 11) is 1.89. The second-order valence-corrected chi connectivity index (χ2v) is 6.53. The predicted molar refractivity (Wildman–Crippen MR) is 96.2 cm³/mol. The maximum Gasteiger partial charge on any atom is 0.255 e. The Morgan fingerprint density at radius 1 is 0.875 bits per heavy atom. The number of aromatic nitrogens is 2. The zero-order valence-electron chi connectivity index (χ0n) is 13.0. The van der Waals surface area contributed by atoms with Crippen molar-refractivity contribution in [2.24, 2.45) is 7.05 Å². The van der Waals surface area contributed by atoms with E-state index in [0.717, 1.165) is 0 Å². The first-order chi connectivity index (χ1) is 11.1. The normalized spacial score (nSPS) is 11.0. The van der Waals surface area contributed by atoms with Gasteiger partial charge in [0.25, 0.3) is 10.3 Å². The number of imidazole rings is 1. The van der Waals surface area contributed by atoms with Gasteiger partial charge in [0.1, 0.15) is 6.54 Å². The van der Waals surface area contributed by atoms with Crippen LogP contribution < -0.4 is 28.5 Å². The number of aryl methyl sites for hydroxylation is 1. The Morgan fingerprint density at radius 3 is 2.12 bits per heavy atom. The van der Waals surface area contributed by atoms with Gasteiger partial charge in [0.05, 0.1) is 7.05 Å². The predicted octanol–water partition coefficient (Wildman–Crippen LogP) is 1.98. The van der Waals surface area contributed by atoms with Crippen LogP contribution in [0, 0.1) is 0 Å². The monoisotopic (exact) mass is 468 g/mol. The van der Waals surface area contributed by atoms with Crippen molar-refractivity contribution in [2.75, 3.05) is 0 Å². The van der Waals surface area contributed by atoms with Gasteiger partial charge in [0.15, 0.2) is 0 Å². The summed E-state index contributed by atoms with van der Waals surface area (Å²) in [6.45, 7) is 0.697. The summed E-state index contributed by atoms with van der Waals surface area (Å²) in [6.07, 6.45) is 1.91. The van der Waals surface area contributed by atoms with Gasteiger partial charge in [-0.1, -0.05) is 36.4 Å². The van der Waals surface area contributed by atoms with Crippen LogP contribution in [0.15, 0.2) is 60.9 Å². The lowest BCUT2D eigenvalue weighted by molar-refractivity contribution is -0.668. The molecule has 122 valence electrons. The van der Waals surface area contributed by atoms with E-state index >= 15 is 0 Å². The Balaban J connectivity index is 0.00000169. The molecule has 3 aromatic carbocycles. The van der Waals surface area contributed by atoms with Gasteiger partial charge in [0, 0.05) is 0 Å². The number of benzene rings is 3. The first-order valence-electron chi connectivity index (χ1n) is 7.43. The van der Waals surface area contributed by atoms with E-state index in [0.29, 0.717) is 16.9 Å². The summed E-state index contributed by atoms with van der Waals surface area (Å²) >= 11 is 12.4. The van der Waals surface area contributed by atoms with Crippen LogP contribution in [0.5, 0.6) is 0 Å².